The van der Waals surface area contributed by atoms with Crippen LogP contribution in [0.3, 0.4) is 0 Å². The molecule has 0 aliphatic carbocycles. The summed E-state index contributed by atoms with van der Waals surface area (Å²) < 4.78 is 5.62. The monoisotopic (exact) mass is 257 g/mol. The lowest BCUT2D eigenvalue weighted by Gasteiger charge is -2.30. The van der Waals surface area contributed by atoms with Gasteiger partial charge in [0.25, 0.3) is 0 Å². The lowest BCUT2D eigenvalue weighted by Crippen LogP contribution is -2.43. The minimum absolute atomic E-state index is 0.643. The number of rotatable bonds is 3. The maximum Gasteiger partial charge on any atom is 0.221 e. The third kappa shape index (κ3) is 2.36. The average molecular weight is 257 g/mol. The molecule has 4 heteroatoms. The summed E-state index contributed by atoms with van der Waals surface area (Å²) in [5.74, 6) is 0.733. The largest absolute Gasteiger partial charge is 0.478 e. The Kier molecular flexibility index (Phi) is 3.51. The number of nitrogens with zero attached hydrogens (tertiary/aromatic N) is 2. The molecule has 2 heterocycles. The van der Waals surface area contributed by atoms with Crippen LogP contribution in [0.1, 0.15) is 6.92 Å². The highest BCUT2D eigenvalue weighted by Crippen LogP contribution is 2.31. The van der Waals surface area contributed by atoms with E-state index in [1.165, 1.54) is 11.1 Å². The van der Waals surface area contributed by atoms with Gasteiger partial charge >= 0.3 is 0 Å². The molecule has 4 nitrogen and oxygen atoms in total. The second kappa shape index (κ2) is 5.45. The van der Waals surface area contributed by atoms with E-state index in [0.29, 0.717) is 6.61 Å². The first-order valence-corrected chi connectivity index (χ1v) is 6.86. The van der Waals surface area contributed by atoms with Crippen LogP contribution in [0.4, 0.5) is 5.69 Å². The smallest absolute Gasteiger partial charge is 0.221 e. The van der Waals surface area contributed by atoms with Crippen LogP contribution in [-0.4, -0.2) is 37.8 Å². The molecule has 0 saturated carbocycles. The molecule has 1 saturated heterocycles. The Labute approximate surface area is 113 Å². The third-order valence-corrected chi connectivity index (χ3v) is 3.49. The fourth-order valence-electron chi connectivity index (χ4n) is 2.60. The van der Waals surface area contributed by atoms with Crippen molar-refractivity contribution in [3.63, 3.8) is 0 Å². The molecule has 1 fully saturated rings. The molecule has 3 rings (SSSR count). The van der Waals surface area contributed by atoms with Crippen LogP contribution < -0.4 is 15.0 Å². The number of hydrogen-bond donors (Lipinski definition) is 1. The summed E-state index contributed by atoms with van der Waals surface area (Å²) in [6.45, 7) is 6.81. The van der Waals surface area contributed by atoms with Gasteiger partial charge in [-0.3, -0.25) is 0 Å². The number of aromatic nitrogens is 1. The van der Waals surface area contributed by atoms with Crippen LogP contribution >= 0.6 is 0 Å². The maximum absolute atomic E-state index is 5.62. The van der Waals surface area contributed by atoms with Crippen LogP contribution in [0.15, 0.2) is 30.5 Å². The van der Waals surface area contributed by atoms with Crippen molar-refractivity contribution >= 4 is 16.5 Å². The summed E-state index contributed by atoms with van der Waals surface area (Å²) >= 11 is 0. The summed E-state index contributed by atoms with van der Waals surface area (Å²) in [5, 5.41) is 5.71. The van der Waals surface area contributed by atoms with E-state index in [0.717, 1.165) is 37.4 Å². The van der Waals surface area contributed by atoms with Gasteiger partial charge in [-0.2, -0.15) is 0 Å². The minimum atomic E-state index is 0.643. The summed E-state index contributed by atoms with van der Waals surface area (Å²) in [6, 6.07) is 8.43. The van der Waals surface area contributed by atoms with E-state index in [9.17, 15) is 0 Å². The molecular weight excluding hydrogens is 238 g/mol. The first-order valence-electron chi connectivity index (χ1n) is 6.86. The molecule has 0 spiro atoms. The summed E-state index contributed by atoms with van der Waals surface area (Å²) in [7, 11) is 0. The predicted octanol–water partition coefficient (Wildman–Crippen LogP) is 2.04. The van der Waals surface area contributed by atoms with Crippen molar-refractivity contribution in [2.75, 3.05) is 37.7 Å². The summed E-state index contributed by atoms with van der Waals surface area (Å²) in [5.41, 5.74) is 1.28. The van der Waals surface area contributed by atoms with E-state index in [1.807, 2.05) is 13.1 Å². The normalized spacial score (nSPS) is 15.7. The molecule has 19 heavy (non-hydrogen) atoms. The number of anilines is 1. The Morgan fingerprint density at radius 2 is 2.05 bits per heavy atom. The zero-order valence-corrected chi connectivity index (χ0v) is 11.2. The summed E-state index contributed by atoms with van der Waals surface area (Å²) in [4.78, 5) is 6.75. The number of hydrogen-bond acceptors (Lipinski definition) is 4. The highest BCUT2D eigenvalue weighted by molar-refractivity contribution is 5.97. The minimum Gasteiger partial charge on any atom is -0.478 e. The van der Waals surface area contributed by atoms with Crippen molar-refractivity contribution in [2.24, 2.45) is 0 Å². The van der Waals surface area contributed by atoms with Crippen molar-refractivity contribution in [1.29, 1.82) is 0 Å². The molecule has 1 aromatic carbocycles. The summed E-state index contributed by atoms with van der Waals surface area (Å²) in [6.07, 6.45) is 1.83. The van der Waals surface area contributed by atoms with Gasteiger partial charge in [0.05, 0.1) is 6.61 Å². The molecule has 1 aliphatic rings. The Hall–Kier alpha value is -1.81. The van der Waals surface area contributed by atoms with Gasteiger partial charge in [0.15, 0.2) is 0 Å². The highest BCUT2D eigenvalue weighted by atomic mass is 16.5. The van der Waals surface area contributed by atoms with E-state index in [4.69, 9.17) is 4.74 Å². The van der Waals surface area contributed by atoms with Gasteiger partial charge in [-0.25, -0.2) is 4.98 Å². The molecule has 2 aromatic rings. The van der Waals surface area contributed by atoms with Crippen molar-refractivity contribution in [1.82, 2.24) is 10.3 Å². The topological polar surface area (TPSA) is 37.4 Å². The fourth-order valence-corrected chi connectivity index (χ4v) is 2.60. The van der Waals surface area contributed by atoms with Gasteiger partial charge in [-0.15, -0.1) is 0 Å². The van der Waals surface area contributed by atoms with E-state index < -0.39 is 0 Å². The number of fused-ring (bicyclic) bond motifs is 1. The fraction of sp³-hybridized carbons (Fsp3) is 0.400. The van der Waals surface area contributed by atoms with Crippen LogP contribution in [0.25, 0.3) is 10.8 Å². The van der Waals surface area contributed by atoms with Crippen molar-refractivity contribution in [3.8, 4) is 5.88 Å². The van der Waals surface area contributed by atoms with Gasteiger partial charge in [0.2, 0.25) is 5.88 Å². The molecule has 0 bridgehead atoms. The van der Waals surface area contributed by atoms with Crippen LogP contribution in [0.5, 0.6) is 5.88 Å². The van der Waals surface area contributed by atoms with Crippen LogP contribution in [-0.2, 0) is 0 Å². The molecule has 1 aromatic heterocycles. The van der Waals surface area contributed by atoms with Gasteiger partial charge < -0.3 is 15.0 Å². The second-order valence-electron chi connectivity index (χ2n) is 4.66. The lowest BCUT2D eigenvalue weighted by atomic mass is 10.1. The molecule has 0 atom stereocenters. The average Bonchev–Trinajstić information content (AvgIpc) is 2.48. The lowest BCUT2D eigenvalue weighted by molar-refractivity contribution is 0.331. The maximum atomic E-state index is 5.62. The van der Waals surface area contributed by atoms with E-state index in [-0.39, 0.29) is 0 Å². The van der Waals surface area contributed by atoms with Crippen molar-refractivity contribution in [3.05, 3.63) is 30.5 Å². The Bertz CT molecular complexity index is 564. The molecule has 1 N–H and O–H groups in total. The first kappa shape index (κ1) is 12.2. The number of pyridine rings is 1. The highest BCUT2D eigenvalue weighted by Gasteiger charge is 2.14. The number of piperazine rings is 1. The van der Waals surface area contributed by atoms with Crippen LogP contribution in [0.2, 0.25) is 0 Å². The van der Waals surface area contributed by atoms with Gasteiger partial charge in [0.1, 0.15) is 0 Å². The molecular formula is C15H19N3O. The predicted molar refractivity (Wildman–Crippen MR) is 78.0 cm³/mol. The van der Waals surface area contributed by atoms with E-state index in [1.54, 1.807) is 0 Å². The first-order chi connectivity index (χ1) is 9.40. The van der Waals surface area contributed by atoms with Crippen molar-refractivity contribution < 1.29 is 4.74 Å². The van der Waals surface area contributed by atoms with Gasteiger partial charge in [-0.05, 0) is 25.1 Å². The molecule has 1 aliphatic heterocycles. The SMILES string of the molecule is CCOc1nccc2c(N3CCNCC3)cccc12. The zero-order chi connectivity index (χ0) is 13.1. The Balaban J connectivity index is 2.07. The standard InChI is InChI=1S/C15H19N3O/c1-2-19-15-13-4-3-5-14(12(13)6-7-17-15)18-10-8-16-9-11-18/h3-7,16H,2,8-11H2,1H3. The Morgan fingerprint density at radius 3 is 2.84 bits per heavy atom. The zero-order valence-electron chi connectivity index (χ0n) is 11.2. The number of benzene rings is 1. The van der Waals surface area contributed by atoms with Gasteiger partial charge in [0, 0.05) is 48.8 Å². The quantitative estimate of drug-likeness (QED) is 0.913. The second-order valence-corrected chi connectivity index (χ2v) is 4.66. The molecule has 0 radical (unpaired) electrons. The van der Waals surface area contributed by atoms with Crippen LogP contribution in [0, 0.1) is 0 Å². The molecule has 0 unspecified atom stereocenters. The number of nitrogens with one attached hydrogen (secondary N) is 1. The van der Waals surface area contributed by atoms with E-state index >= 15 is 0 Å². The third-order valence-electron chi connectivity index (χ3n) is 3.49. The van der Waals surface area contributed by atoms with Crippen molar-refractivity contribution in [2.45, 2.75) is 6.92 Å². The molecule has 100 valence electrons. The Morgan fingerprint density at radius 1 is 1.21 bits per heavy atom. The van der Waals surface area contributed by atoms with Gasteiger partial charge in [-0.1, -0.05) is 6.07 Å². The van der Waals surface area contributed by atoms with E-state index in [2.05, 4.69) is 39.5 Å². The molecule has 0 amide bonds. The number of ether oxygens (including phenoxy) is 1.